The van der Waals surface area contributed by atoms with Crippen LogP contribution in [0.25, 0.3) is 11.1 Å². The van der Waals surface area contributed by atoms with E-state index in [0.29, 0.717) is 80.1 Å². The number of piperidine rings is 1. The van der Waals surface area contributed by atoms with Gasteiger partial charge in [0.2, 0.25) is 33.7 Å². The standard InChI is InChI=1S/C44H52FN9O8S/c1-25-21-30(9-10-32(25)47-42-46-23-31-39(49-42)53(41(58)44(31)15-16-44)28-3-2-4-29(55)22-28)63(60,61)50-27-7-5-26(6-8-27)24-51-17-19-52(20-18-51)33-11-12-34-38(37(33)45)62-43(59)54(34)35-13-14-36(56)48-40(35)57/h9-12,21,23,26-29,35,50,55H,2-8,13-20,22,24H2,1H3,(H,46,47,49)(H,48,56,57)/t26?,27?,28-,29-,35?/m1/s1. The van der Waals surface area contributed by atoms with Crippen molar-refractivity contribution in [3.8, 4) is 0 Å². The van der Waals surface area contributed by atoms with Gasteiger partial charge in [-0.1, -0.05) is 0 Å². The molecule has 334 valence electrons. The Morgan fingerprint density at radius 1 is 0.984 bits per heavy atom. The molecule has 1 unspecified atom stereocenters. The van der Waals surface area contributed by atoms with Crippen LogP contribution in [-0.2, 0) is 29.8 Å². The van der Waals surface area contributed by atoms with Crippen LogP contribution in [0.15, 0.2) is 50.6 Å². The first-order valence-electron chi connectivity index (χ1n) is 22.2. The Hall–Kier alpha value is -5.24. The highest BCUT2D eigenvalue weighted by atomic mass is 32.2. The predicted molar refractivity (Wildman–Crippen MR) is 230 cm³/mol. The van der Waals surface area contributed by atoms with Crippen LogP contribution in [-0.4, -0.2) is 102 Å². The van der Waals surface area contributed by atoms with Crippen molar-refractivity contribution in [3.63, 3.8) is 0 Å². The Kier molecular flexibility index (Phi) is 10.7. The maximum atomic E-state index is 15.8. The molecule has 0 bridgehead atoms. The van der Waals surface area contributed by atoms with Crippen LogP contribution in [0.4, 0.5) is 27.5 Å². The number of hydrogen-bond donors (Lipinski definition) is 4. The van der Waals surface area contributed by atoms with E-state index in [4.69, 9.17) is 9.40 Å². The molecule has 3 aliphatic heterocycles. The van der Waals surface area contributed by atoms with E-state index in [2.05, 4.69) is 25.2 Å². The summed E-state index contributed by atoms with van der Waals surface area (Å²) in [7, 11) is -3.80. The third-order valence-electron chi connectivity index (χ3n) is 14.3. The number of oxazole rings is 1. The Bertz CT molecular complexity index is 2670. The lowest BCUT2D eigenvalue weighted by Crippen LogP contribution is -2.48. The number of aliphatic hydroxyl groups is 1. The second-order valence-corrected chi connectivity index (χ2v) is 20.1. The minimum absolute atomic E-state index is 0.0535. The molecule has 4 N–H and O–H groups in total. The molecule has 2 aromatic carbocycles. The van der Waals surface area contributed by atoms with E-state index in [9.17, 15) is 32.7 Å². The zero-order valence-electron chi connectivity index (χ0n) is 35.1. The van der Waals surface area contributed by atoms with E-state index >= 15 is 4.39 Å². The van der Waals surface area contributed by atoms with E-state index in [1.807, 2.05) is 11.8 Å². The fraction of sp³-hybridized carbons (Fsp3) is 0.545. The molecule has 0 radical (unpaired) electrons. The Labute approximate surface area is 363 Å². The lowest BCUT2D eigenvalue weighted by Gasteiger charge is -2.39. The first kappa shape index (κ1) is 41.8. The molecule has 3 atom stereocenters. The third kappa shape index (κ3) is 7.69. The second-order valence-electron chi connectivity index (χ2n) is 18.3. The van der Waals surface area contributed by atoms with Gasteiger partial charge in [-0.15, -0.1) is 0 Å². The average molecular weight is 886 g/mol. The molecule has 1 spiro atoms. The molecule has 19 heteroatoms. The summed E-state index contributed by atoms with van der Waals surface area (Å²) in [5.74, 6) is -1.15. The average Bonchev–Trinajstić information content (AvgIpc) is 3.94. The lowest BCUT2D eigenvalue weighted by molar-refractivity contribution is -0.135. The van der Waals surface area contributed by atoms with E-state index < -0.39 is 51.0 Å². The number of aliphatic hydroxyl groups excluding tert-OH is 1. The number of aromatic nitrogens is 3. The summed E-state index contributed by atoms with van der Waals surface area (Å²) >= 11 is 0. The largest absolute Gasteiger partial charge is 0.420 e. The second kappa shape index (κ2) is 16.1. The molecule has 10 rings (SSSR count). The number of amides is 3. The summed E-state index contributed by atoms with van der Waals surface area (Å²) in [5, 5.41) is 15.9. The monoisotopic (exact) mass is 885 g/mol. The van der Waals surface area contributed by atoms with Crippen molar-refractivity contribution in [2.75, 3.05) is 47.8 Å². The molecule has 5 fully saturated rings. The number of fused-ring (bicyclic) bond motifs is 3. The normalized spacial score (nSPS) is 26.3. The van der Waals surface area contributed by atoms with Crippen molar-refractivity contribution < 1.29 is 36.7 Å². The fourth-order valence-electron chi connectivity index (χ4n) is 10.6. The topological polar surface area (TPSA) is 212 Å². The number of benzene rings is 2. The quantitative estimate of drug-likeness (QED) is 0.167. The van der Waals surface area contributed by atoms with E-state index in [0.717, 1.165) is 61.6 Å². The first-order chi connectivity index (χ1) is 30.3. The maximum Gasteiger partial charge on any atom is 0.420 e. The van der Waals surface area contributed by atoms with E-state index in [-0.39, 0.29) is 46.8 Å². The molecule has 6 aliphatic rings. The molecule has 2 aromatic heterocycles. The van der Waals surface area contributed by atoms with Crippen molar-refractivity contribution >= 4 is 62.0 Å². The summed E-state index contributed by atoms with van der Waals surface area (Å²) in [6, 6.07) is 6.88. The van der Waals surface area contributed by atoms with Crippen LogP contribution in [0.1, 0.15) is 94.2 Å². The SMILES string of the molecule is Cc1cc(S(=O)(=O)NC2CCC(CN3CCN(c4ccc5c(oc(=O)n5C5CCC(=O)NC5=O)c4F)CC3)CC2)ccc1Nc1ncc2c(n1)N([C@@H]1CCC[C@@H](O)C1)C(=O)C21CC1. The van der Waals surface area contributed by atoms with Crippen LogP contribution in [0.2, 0.25) is 0 Å². The molecule has 3 saturated carbocycles. The molecular weight excluding hydrogens is 834 g/mol. The van der Waals surface area contributed by atoms with Gasteiger partial charge in [-0.2, -0.15) is 4.98 Å². The summed E-state index contributed by atoms with van der Waals surface area (Å²) in [6.45, 7) is 5.23. The molecule has 3 amide bonds. The number of imide groups is 1. The number of hydrogen-bond acceptors (Lipinski definition) is 13. The molecule has 5 heterocycles. The number of anilines is 4. The van der Waals surface area contributed by atoms with Gasteiger partial charge < -0.3 is 19.7 Å². The van der Waals surface area contributed by atoms with Gasteiger partial charge in [0.1, 0.15) is 11.9 Å². The summed E-state index contributed by atoms with van der Waals surface area (Å²) < 4.78 is 52.4. The number of halogens is 1. The lowest BCUT2D eigenvalue weighted by atomic mass is 9.86. The number of nitrogens with one attached hydrogen (secondary N) is 3. The van der Waals surface area contributed by atoms with Gasteiger partial charge in [0.25, 0.3) is 0 Å². The van der Waals surface area contributed by atoms with Crippen LogP contribution in [0.5, 0.6) is 0 Å². The molecular formula is C44H52FN9O8S. The zero-order chi connectivity index (χ0) is 43.8. The van der Waals surface area contributed by atoms with Gasteiger partial charge >= 0.3 is 5.76 Å². The Morgan fingerprint density at radius 2 is 1.76 bits per heavy atom. The number of sulfonamides is 1. The summed E-state index contributed by atoms with van der Waals surface area (Å²) in [6.07, 6.45) is 9.16. The van der Waals surface area contributed by atoms with Gasteiger partial charge in [0, 0.05) is 68.7 Å². The van der Waals surface area contributed by atoms with Gasteiger partial charge in [0.15, 0.2) is 11.4 Å². The number of rotatable bonds is 10. The van der Waals surface area contributed by atoms with Crippen molar-refractivity contribution in [2.45, 2.75) is 119 Å². The maximum absolute atomic E-state index is 15.8. The Balaban J connectivity index is 0.717. The highest BCUT2D eigenvalue weighted by molar-refractivity contribution is 7.89. The van der Waals surface area contributed by atoms with Crippen molar-refractivity contribution in [1.82, 2.24) is 29.5 Å². The van der Waals surface area contributed by atoms with Crippen LogP contribution < -0.4 is 30.9 Å². The van der Waals surface area contributed by atoms with Crippen LogP contribution >= 0.6 is 0 Å². The number of piperazine rings is 1. The van der Waals surface area contributed by atoms with Gasteiger partial charge in [0.05, 0.1) is 27.6 Å². The fourth-order valence-corrected chi connectivity index (χ4v) is 12.0. The minimum atomic E-state index is -3.80. The van der Waals surface area contributed by atoms with Gasteiger partial charge in [-0.3, -0.25) is 34.1 Å². The predicted octanol–water partition coefficient (Wildman–Crippen LogP) is 3.89. The third-order valence-corrected chi connectivity index (χ3v) is 15.8. The van der Waals surface area contributed by atoms with Crippen molar-refractivity contribution in [1.29, 1.82) is 0 Å². The van der Waals surface area contributed by atoms with Crippen LogP contribution in [0, 0.1) is 18.7 Å². The van der Waals surface area contributed by atoms with E-state index in [1.54, 1.807) is 41.4 Å². The van der Waals surface area contributed by atoms with Gasteiger partial charge in [-0.25, -0.2) is 27.3 Å². The molecule has 17 nitrogen and oxygen atoms in total. The highest BCUT2D eigenvalue weighted by Crippen LogP contribution is 2.57. The summed E-state index contributed by atoms with van der Waals surface area (Å²) in [5.41, 5.74) is 1.94. The molecule has 3 aliphatic carbocycles. The van der Waals surface area contributed by atoms with Gasteiger partial charge in [-0.05, 0) is 119 Å². The van der Waals surface area contributed by atoms with Crippen LogP contribution in [0.3, 0.4) is 0 Å². The van der Waals surface area contributed by atoms with E-state index in [1.165, 1.54) is 0 Å². The molecule has 2 saturated heterocycles. The summed E-state index contributed by atoms with van der Waals surface area (Å²) in [4.78, 5) is 66.1. The Morgan fingerprint density at radius 3 is 2.48 bits per heavy atom. The minimum Gasteiger partial charge on any atom is -0.404 e. The number of carbonyl (C=O) groups excluding carboxylic acids is 3. The molecule has 4 aromatic rings. The smallest absolute Gasteiger partial charge is 0.404 e. The zero-order valence-corrected chi connectivity index (χ0v) is 36.0. The molecule has 63 heavy (non-hydrogen) atoms. The number of nitrogens with zero attached hydrogens (tertiary/aromatic N) is 6. The number of carbonyl (C=O) groups is 3. The number of aryl methyl sites for hydroxylation is 1. The highest BCUT2D eigenvalue weighted by Gasteiger charge is 2.61. The van der Waals surface area contributed by atoms with Crippen molar-refractivity contribution in [2.24, 2.45) is 5.92 Å². The van der Waals surface area contributed by atoms with Crippen molar-refractivity contribution in [3.05, 3.63) is 64.0 Å². The first-order valence-corrected chi connectivity index (χ1v) is 23.7.